The molecule has 2 amide bonds. The van der Waals surface area contributed by atoms with Crippen LogP contribution >= 0.6 is 0 Å². The first-order valence-electron chi connectivity index (χ1n) is 9.32. The van der Waals surface area contributed by atoms with Crippen molar-refractivity contribution in [3.05, 3.63) is 57.8 Å². The molecule has 3 aromatic rings. The van der Waals surface area contributed by atoms with Crippen molar-refractivity contribution in [1.82, 2.24) is 25.0 Å². The molecule has 1 aromatic carbocycles. The smallest absolute Gasteiger partial charge is 0.257 e. The topological polar surface area (TPSA) is 112 Å². The first-order valence-corrected chi connectivity index (χ1v) is 9.32. The fourth-order valence-electron chi connectivity index (χ4n) is 2.96. The lowest BCUT2D eigenvalue weighted by atomic mass is 10.1. The summed E-state index contributed by atoms with van der Waals surface area (Å²) in [6, 6.07) is 5.56. The molecule has 0 bridgehead atoms. The Bertz CT molecular complexity index is 1150. The van der Waals surface area contributed by atoms with Gasteiger partial charge in [-0.15, -0.1) is 0 Å². The highest BCUT2D eigenvalue weighted by molar-refractivity contribution is 6.12. The summed E-state index contributed by atoms with van der Waals surface area (Å²) in [4.78, 5) is 40.9. The van der Waals surface area contributed by atoms with Gasteiger partial charge in [0.25, 0.3) is 5.91 Å². The lowest BCUT2D eigenvalue weighted by molar-refractivity contribution is -0.121. The molecular weight excluding hydrogens is 391 g/mol. The summed E-state index contributed by atoms with van der Waals surface area (Å²) in [5.74, 6) is -1.20. The van der Waals surface area contributed by atoms with Crippen molar-refractivity contribution in [3.63, 3.8) is 0 Å². The molecule has 10 heteroatoms. The second kappa shape index (κ2) is 8.87. The first kappa shape index (κ1) is 21.2. The number of anilines is 1. The van der Waals surface area contributed by atoms with E-state index in [1.165, 1.54) is 16.8 Å². The number of H-pyrrole nitrogens is 1. The fourth-order valence-corrected chi connectivity index (χ4v) is 2.96. The first-order chi connectivity index (χ1) is 14.2. The van der Waals surface area contributed by atoms with Crippen LogP contribution in [-0.4, -0.2) is 58.7 Å². The van der Waals surface area contributed by atoms with Crippen LogP contribution < -0.4 is 16.2 Å². The number of nitrogens with one attached hydrogen (secondary N) is 3. The maximum absolute atomic E-state index is 14.2. The summed E-state index contributed by atoms with van der Waals surface area (Å²) in [5, 5.41) is 9.80. The number of carbonyl (C=O) groups is 2. The zero-order chi connectivity index (χ0) is 21.8. The van der Waals surface area contributed by atoms with Crippen LogP contribution in [0.3, 0.4) is 0 Å². The van der Waals surface area contributed by atoms with E-state index < -0.39 is 17.3 Å². The third kappa shape index (κ3) is 5.09. The molecule has 0 radical (unpaired) electrons. The minimum absolute atomic E-state index is 0.00163. The summed E-state index contributed by atoms with van der Waals surface area (Å²) in [7, 11) is 3.82. The van der Waals surface area contributed by atoms with E-state index in [1.807, 2.05) is 19.0 Å². The van der Waals surface area contributed by atoms with Gasteiger partial charge >= 0.3 is 0 Å². The second-order valence-electron chi connectivity index (χ2n) is 7.22. The zero-order valence-electron chi connectivity index (χ0n) is 17.0. The largest absolute Gasteiger partial charge is 0.353 e. The Balaban J connectivity index is 1.73. The molecule has 0 aliphatic heterocycles. The van der Waals surface area contributed by atoms with Crippen LogP contribution in [-0.2, 0) is 11.3 Å². The number of hydrogen-bond acceptors (Lipinski definition) is 5. The van der Waals surface area contributed by atoms with Gasteiger partial charge in [-0.05, 0) is 38.7 Å². The molecule has 2 heterocycles. The van der Waals surface area contributed by atoms with Crippen molar-refractivity contribution in [2.24, 2.45) is 0 Å². The van der Waals surface area contributed by atoms with E-state index in [9.17, 15) is 18.8 Å². The number of amides is 2. The number of hydrogen-bond donors (Lipinski definition) is 3. The second-order valence-corrected chi connectivity index (χ2v) is 7.22. The number of halogens is 1. The summed E-state index contributed by atoms with van der Waals surface area (Å²) in [6.07, 6.45) is 1.56. The van der Waals surface area contributed by atoms with Crippen LogP contribution in [0, 0.1) is 12.7 Å². The summed E-state index contributed by atoms with van der Waals surface area (Å²) >= 11 is 0. The number of aromatic amines is 1. The molecule has 0 aliphatic carbocycles. The molecule has 0 fully saturated rings. The van der Waals surface area contributed by atoms with E-state index in [0.29, 0.717) is 17.5 Å². The Hall–Kier alpha value is -3.53. The molecule has 3 N–H and O–H groups in total. The number of aryl methyl sites for hydroxylation is 1. The van der Waals surface area contributed by atoms with Gasteiger partial charge in [0.2, 0.25) is 11.5 Å². The van der Waals surface area contributed by atoms with Gasteiger partial charge in [0.05, 0.1) is 11.1 Å². The van der Waals surface area contributed by atoms with Gasteiger partial charge in [-0.25, -0.2) is 4.39 Å². The molecule has 0 unspecified atom stereocenters. The van der Waals surface area contributed by atoms with E-state index in [4.69, 9.17) is 0 Å². The minimum atomic E-state index is -0.610. The number of benzene rings is 1. The number of fused-ring (bicyclic) bond motifs is 1. The molecule has 2 aromatic heterocycles. The van der Waals surface area contributed by atoms with Crippen molar-refractivity contribution in [2.75, 3.05) is 32.5 Å². The molecule has 0 spiro atoms. The normalized spacial score (nSPS) is 11.1. The van der Waals surface area contributed by atoms with Crippen molar-refractivity contribution in [1.29, 1.82) is 0 Å². The van der Waals surface area contributed by atoms with Crippen LogP contribution in [0.4, 0.5) is 10.2 Å². The third-order valence-corrected chi connectivity index (χ3v) is 4.36. The number of pyridine rings is 1. The fraction of sp³-hybridized carbons (Fsp3) is 0.300. The number of aromatic nitrogens is 3. The van der Waals surface area contributed by atoms with E-state index in [0.717, 1.165) is 12.6 Å². The lowest BCUT2D eigenvalue weighted by Gasteiger charge is -2.10. The van der Waals surface area contributed by atoms with Gasteiger partial charge in [-0.3, -0.25) is 19.1 Å². The highest BCUT2D eigenvalue weighted by Crippen LogP contribution is 2.21. The average Bonchev–Trinajstić information content (AvgIpc) is 3.08. The SMILES string of the molecule is Cc1cc(F)c2[nH]c(=O)cc(C(=O)Nc3ccn(CC(=O)NCCN(C)C)n3)c2c1. The van der Waals surface area contributed by atoms with Crippen molar-refractivity contribution >= 4 is 28.5 Å². The number of likely N-dealkylation sites (N-methyl/N-ethyl adjacent to an activating group) is 1. The Kier molecular flexibility index (Phi) is 6.26. The molecule has 0 aliphatic rings. The lowest BCUT2D eigenvalue weighted by Crippen LogP contribution is -2.33. The Morgan fingerprint density at radius 3 is 2.77 bits per heavy atom. The number of carbonyl (C=O) groups excluding carboxylic acids is 2. The van der Waals surface area contributed by atoms with E-state index >= 15 is 0 Å². The predicted octanol–water partition coefficient (Wildman–Crippen LogP) is 1.10. The molecule has 158 valence electrons. The van der Waals surface area contributed by atoms with E-state index in [2.05, 4.69) is 20.7 Å². The van der Waals surface area contributed by atoms with Crippen molar-refractivity contribution < 1.29 is 14.0 Å². The molecule has 3 rings (SSSR count). The highest BCUT2D eigenvalue weighted by atomic mass is 19.1. The Morgan fingerprint density at radius 2 is 2.03 bits per heavy atom. The van der Waals surface area contributed by atoms with Crippen LogP contribution in [0.25, 0.3) is 10.9 Å². The van der Waals surface area contributed by atoms with Crippen molar-refractivity contribution in [3.8, 4) is 0 Å². The van der Waals surface area contributed by atoms with Gasteiger partial charge in [0.1, 0.15) is 12.4 Å². The molecule has 0 atom stereocenters. The van der Waals surface area contributed by atoms with Gasteiger partial charge in [0, 0.05) is 36.8 Å². The number of rotatable bonds is 7. The number of nitrogens with zero attached hydrogens (tertiary/aromatic N) is 3. The molecule has 0 saturated heterocycles. The third-order valence-electron chi connectivity index (χ3n) is 4.36. The summed E-state index contributed by atoms with van der Waals surface area (Å²) < 4.78 is 15.6. The summed E-state index contributed by atoms with van der Waals surface area (Å²) in [5.41, 5.74) is 0.0338. The van der Waals surface area contributed by atoms with Crippen LogP contribution in [0.2, 0.25) is 0 Å². The van der Waals surface area contributed by atoms with E-state index in [1.54, 1.807) is 19.2 Å². The van der Waals surface area contributed by atoms with Gasteiger partial charge < -0.3 is 20.5 Å². The molecule has 0 saturated carbocycles. The average molecular weight is 414 g/mol. The van der Waals surface area contributed by atoms with Crippen LogP contribution in [0.15, 0.2) is 35.3 Å². The molecule has 30 heavy (non-hydrogen) atoms. The minimum Gasteiger partial charge on any atom is -0.353 e. The van der Waals surface area contributed by atoms with Crippen molar-refractivity contribution in [2.45, 2.75) is 13.5 Å². The van der Waals surface area contributed by atoms with Crippen LogP contribution in [0.5, 0.6) is 0 Å². The monoisotopic (exact) mass is 414 g/mol. The highest BCUT2D eigenvalue weighted by Gasteiger charge is 2.16. The maximum Gasteiger partial charge on any atom is 0.257 e. The molecule has 9 nitrogen and oxygen atoms in total. The zero-order valence-corrected chi connectivity index (χ0v) is 17.0. The standard InChI is InChI=1S/C20H23FN6O3/c1-12-8-13-14(10-17(28)24-19(13)15(21)9-12)20(30)23-16-4-6-27(25-16)11-18(29)22-5-7-26(2)3/h4,6,8-10H,5,7,11H2,1-3H3,(H,22,29)(H,24,28)(H,23,25,30). The predicted molar refractivity (Wildman–Crippen MR) is 111 cm³/mol. The van der Waals surface area contributed by atoms with Crippen LogP contribution in [0.1, 0.15) is 15.9 Å². The Morgan fingerprint density at radius 1 is 1.27 bits per heavy atom. The van der Waals surface area contributed by atoms with Gasteiger partial charge in [-0.1, -0.05) is 0 Å². The quantitative estimate of drug-likeness (QED) is 0.536. The van der Waals surface area contributed by atoms with E-state index in [-0.39, 0.29) is 29.3 Å². The van der Waals surface area contributed by atoms with Gasteiger partial charge in [0.15, 0.2) is 5.82 Å². The maximum atomic E-state index is 14.2. The molecular formula is C20H23FN6O3. The van der Waals surface area contributed by atoms with Gasteiger partial charge in [-0.2, -0.15) is 5.10 Å². The Labute approximate surface area is 171 Å². The summed E-state index contributed by atoms with van der Waals surface area (Å²) in [6.45, 7) is 2.93.